The smallest absolute Gasteiger partial charge is 0.328 e. The SMILES string of the molecule is N#CC1(C(=O)N2C[C@@H]3CCN(C(=O)C[C@H](N)Cc4cc(F)c(F)cc4F)[C@@H]3C2)CC1.O=C(O)/C=C/C(=O)O.O=C(O)/C=C/C(=O)O. The first-order valence-corrected chi connectivity index (χ1v) is 13.7. The van der Waals surface area contributed by atoms with Crippen LogP contribution in [0.1, 0.15) is 31.2 Å². The number of aliphatic carboxylic acids is 4. The molecule has 14 nitrogen and oxygen atoms in total. The van der Waals surface area contributed by atoms with Crippen LogP contribution >= 0.6 is 0 Å². The van der Waals surface area contributed by atoms with Crippen LogP contribution in [0, 0.1) is 40.1 Å². The Morgan fingerprint density at radius 1 is 0.891 bits per heavy atom. The number of carbonyl (C=O) groups excluding carboxylic acids is 2. The molecule has 2 saturated heterocycles. The molecule has 17 heteroatoms. The number of carboxylic acid groups (broad SMARTS) is 4. The molecule has 248 valence electrons. The molecule has 46 heavy (non-hydrogen) atoms. The average molecular weight is 653 g/mol. The van der Waals surface area contributed by atoms with Gasteiger partial charge < -0.3 is 36.0 Å². The number of nitrogens with zero attached hydrogens (tertiary/aromatic N) is 3. The van der Waals surface area contributed by atoms with Gasteiger partial charge in [0.1, 0.15) is 11.2 Å². The maximum absolute atomic E-state index is 13.8. The largest absolute Gasteiger partial charge is 0.478 e. The van der Waals surface area contributed by atoms with E-state index in [0.29, 0.717) is 62.8 Å². The molecule has 1 aromatic rings. The molecule has 2 aliphatic heterocycles. The summed E-state index contributed by atoms with van der Waals surface area (Å²) in [5.41, 5.74) is 5.05. The minimum Gasteiger partial charge on any atom is -0.478 e. The van der Waals surface area contributed by atoms with Crippen LogP contribution in [0.15, 0.2) is 36.4 Å². The van der Waals surface area contributed by atoms with Crippen LogP contribution in [0.4, 0.5) is 13.2 Å². The summed E-state index contributed by atoms with van der Waals surface area (Å²) >= 11 is 0. The van der Waals surface area contributed by atoms with Gasteiger partial charge in [-0.15, -0.1) is 0 Å². The molecular weight excluding hydrogens is 621 g/mol. The number of nitrogens with two attached hydrogens (primary N) is 1. The van der Waals surface area contributed by atoms with E-state index < -0.39 is 52.8 Å². The molecule has 1 saturated carbocycles. The highest BCUT2D eigenvalue weighted by molar-refractivity contribution is 5.90. The number of fused-ring (bicyclic) bond motifs is 1. The second kappa shape index (κ2) is 16.2. The van der Waals surface area contributed by atoms with Crippen molar-refractivity contribution in [3.63, 3.8) is 0 Å². The van der Waals surface area contributed by atoms with E-state index >= 15 is 0 Å². The van der Waals surface area contributed by atoms with Gasteiger partial charge in [-0.05, 0) is 37.3 Å². The molecule has 0 bridgehead atoms. The van der Waals surface area contributed by atoms with Gasteiger partial charge in [0, 0.05) is 68.4 Å². The number of likely N-dealkylation sites (tertiary alicyclic amines) is 2. The van der Waals surface area contributed by atoms with Crippen molar-refractivity contribution in [1.82, 2.24) is 9.80 Å². The number of nitriles is 1. The molecule has 1 aliphatic carbocycles. The Morgan fingerprint density at radius 3 is 1.85 bits per heavy atom. The lowest BCUT2D eigenvalue weighted by atomic mass is 10.0. The van der Waals surface area contributed by atoms with Crippen molar-refractivity contribution >= 4 is 35.7 Å². The summed E-state index contributed by atoms with van der Waals surface area (Å²) in [4.78, 5) is 67.0. The second-order valence-electron chi connectivity index (χ2n) is 10.7. The summed E-state index contributed by atoms with van der Waals surface area (Å²) < 4.78 is 40.3. The topological polar surface area (TPSA) is 240 Å². The Labute approximate surface area is 259 Å². The molecule has 3 aliphatic rings. The van der Waals surface area contributed by atoms with E-state index in [4.69, 9.17) is 26.2 Å². The van der Waals surface area contributed by atoms with Crippen molar-refractivity contribution < 1.29 is 62.4 Å². The van der Waals surface area contributed by atoms with Crippen molar-refractivity contribution in [2.75, 3.05) is 19.6 Å². The highest BCUT2D eigenvalue weighted by atomic mass is 19.2. The van der Waals surface area contributed by atoms with E-state index in [-0.39, 0.29) is 42.2 Å². The van der Waals surface area contributed by atoms with E-state index in [9.17, 15) is 47.2 Å². The average Bonchev–Trinajstić information content (AvgIpc) is 3.50. The number of hydrogen-bond acceptors (Lipinski definition) is 8. The zero-order valence-electron chi connectivity index (χ0n) is 24.1. The van der Waals surface area contributed by atoms with Gasteiger partial charge in [-0.1, -0.05) is 0 Å². The highest BCUT2D eigenvalue weighted by Crippen LogP contribution is 2.47. The molecule has 3 atom stereocenters. The number of rotatable bonds is 9. The Hall–Kier alpha value is -5.24. The van der Waals surface area contributed by atoms with E-state index in [1.165, 1.54) is 0 Å². The van der Waals surface area contributed by atoms with Crippen LogP contribution in [-0.2, 0) is 35.2 Å². The summed E-state index contributed by atoms with van der Waals surface area (Å²) in [5, 5.41) is 40.5. The first-order valence-electron chi connectivity index (χ1n) is 13.7. The third-order valence-electron chi connectivity index (χ3n) is 7.27. The molecule has 0 radical (unpaired) electrons. The zero-order valence-corrected chi connectivity index (χ0v) is 24.1. The zero-order chi connectivity index (χ0) is 34.8. The first kappa shape index (κ1) is 36.9. The fourth-order valence-electron chi connectivity index (χ4n) is 4.94. The molecule has 0 unspecified atom stereocenters. The number of carboxylic acids is 4. The summed E-state index contributed by atoms with van der Waals surface area (Å²) in [6.45, 7) is 1.51. The lowest BCUT2D eigenvalue weighted by Crippen LogP contribution is -2.44. The van der Waals surface area contributed by atoms with Crippen LogP contribution in [0.2, 0.25) is 0 Å². The van der Waals surface area contributed by atoms with Gasteiger partial charge >= 0.3 is 23.9 Å². The van der Waals surface area contributed by atoms with Crippen LogP contribution in [0.25, 0.3) is 0 Å². The maximum atomic E-state index is 13.8. The normalized spacial score (nSPS) is 19.6. The predicted octanol–water partition coefficient (Wildman–Crippen LogP) is 1.15. The Bertz CT molecular complexity index is 1410. The first-order chi connectivity index (χ1) is 21.5. The number of benzene rings is 1. The lowest BCUT2D eigenvalue weighted by molar-refractivity contribution is -0.136. The van der Waals surface area contributed by atoms with Crippen LogP contribution in [-0.4, -0.2) is 97.6 Å². The predicted molar refractivity (Wildman–Crippen MR) is 149 cm³/mol. The molecule has 4 rings (SSSR count). The molecule has 2 heterocycles. The minimum atomic E-state index is -1.27. The fourth-order valence-corrected chi connectivity index (χ4v) is 4.94. The van der Waals surface area contributed by atoms with E-state index in [0.717, 1.165) is 12.5 Å². The van der Waals surface area contributed by atoms with Crippen molar-refractivity contribution in [2.24, 2.45) is 17.1 Å². The monoisotopic (exact) mass is 652 g/mol. The fraction of sp³-hybridized carbons (Fsp3) is 0.414. The molecule has 6 N–H and O–H groups in total. The molecule has 3 fully saturated rings. The standard InChI is InChI=1S/C21H23F3N4O2.2C4H4O4/c22-15-8-17(24)16(23)6-13(15)5-14(26)7-19(29)28-4-1-12-9-27(10-18(12)28)20(30)21(11-25)2-3-21;2*5-3(6)1-2-4(7)8/h6,8,12,14,18H,1-5,7,9-10,26H2;2*1-2H,(H,5,6)(H,7,8)/b;2*2-1+/t12-,14+,18+;;/m0../s1. The summed E-state index contributed by atoms with van der Waals surface area (Å²) in [6, 6.07) is 2.51. The highest BCUT2D eigenvalue weighted by Gasteiger charge is 2.55. The van der Waals surface area contributed by atoms with E-state index in [1.54, 1.807) is 9.80 Å². The van der Waals surface area contributed by atoms with Gasteiger partial charge in [0.2, 0.25) is 11.8 Å². The summed E-state index contributed by atoms with van der Waals surface area (Å²) in [7, 11) is 0. The minimum absolute atomic E-state index is 0.0578. The molecule has 0 aromatic heterocycles. The quantitative estimate of drug-likeness (QED) is 0.186. The summed E-state index contributed by atoms with van der Waals surface area (Å²) in [6.07, 6.45) is 4.03. The van der Waals surface area contributed by atoms with Gasteiger partial charge in [-0.3, -0.25) is 9.59 Å². The van der Waals surface area contributed by atoms with Gasteiger partial charge in [-0.25, -0.2) is 32.3 Å². The summed E-state index contributed by atoms with van der Waals surface area (Å²) in [5.74, 6) is -8.52. The Kier molecular flexibility index (Phi) is 13.0. The maximum Gasteiger partial charge on any atom is 0.328 e. The number of hydrogen-bond donors (Lipinski definition) is 5. The van der Waals surface area contributed by atoms with Crippen LogP contribution < -0.4 is 5.73 Å². The van der Waals surface area contributed by atoms with Crippen molar-refractivity contribution in [3.8, 4) is 6.07 Å². The second-order valence-corrected chi connectivity index (χ2v) is 10.7. The van der Waals surface area contributed by atoms with Gasteiger partial charge in [-0.2, -0.15) is 5.26 Å². The Morgan fingerprint density at radius 2 is 1.39 bits per heavy atom. The van der Waals surface area contributed by atoms with Gasteiger partial charge in [0.05, 0.1) is 12.1 Å². The lowest BCUT2D eigenvalue weighted by Gasteiger charge is -2.27. The van der Waals surface area contributed by atoms with Crippen LogP contribution in [0.5, 0.6) is 0 Å². The van der Waals surface area contributed by atoms with Gasteiger partial charge in [0.15, 0.2) is 11.6 Å². The molecule has 2 amide bonds. The van der Waals surface area contributed by atoms with Gasteiger partial charge in [0.25, 0.3) is 0 Å². The third kappa shape index (κ3) is 10.7. The van der Waals surface area contributed by atoms with Crippen molar-refractivity contribution in [2.45, 2.75) is 44.2 Å². The number of amides is 2. The van der Waals surface area contributed by atoms with E-state index in [1.807, 2.05) is 0 Å². The molecule has 1 aromatic carbocycles. The van der Waals surface area contributed by atoms with Crippen molar-refractivity contribution in [3.05, 3.63) is 59.5 Å². The van der Waals surface area contributed by atoms with E-state index in [2.05, 4.69) is 6.07 Å². The Balaban J connectivity index is 0.000000381. The molecular formula is C29H31F3N4O10. The van der Waals surface area contributed by atoms with Crippen molar-refractivity contribution in [1.29, 1.82) is 5.26 Å². The van der Waals surface area contributed by atoms with Crippen LogP contribution in [0.3, 0.4) is 0 Å². The number of halogens is 3. The third-order valence-corrected chi connectivity index (χ3v) is 7.27. The number of carbonyl (C=O) groups is 6. The molecule has 0 spiro atoms.